The smallest absolute Gasteiger partial charge is 0.244 e. The van der Waals surface area contributed by atoms with Gasteiger partial charge in [-0.1, -0.05) is 53.5 Å². The van der Waals surface area contributed by atoms with Crippen molar-refractivity contribution >= 4 is 38.9 Å². The number of benzene rings is 2. The highest BCUT2D eigenvalue weighted by Gasteiger charge is 2.24. The lowest BCUT2D eigenvalue weighted by Gasteiger charge is -2.16. The van der Waals surface area contributed by atoms with E-state index < -0.39 is 16.1 Å². The third-order valence-corrected chi connectivity index (χ3v) is 5.22. The molecule has 2 aromatic rings. The van der Waals surface area contributed by atoms with Crippen LogP contribution in [0.1, 0.15) is 18.5 Å². The molecule has 0 heterocycles. The molecule has 1 atom stereocenters. The van der Waals surface area contributed by atoms with E-state index >= 15 is 0 Å². The quantitative estimate of drug-likeness (QED) is 0.832. The van der Waals surface area contributed by atoms with Crippen molar-refractivity contribution in [2.45, 2.75) is 17.9 Å². The molecule has 0 aliphatic heterocycles. The van der Waals surface area contributed by atoms with E-state index in [1.54, 1.807) is 6.92 Å². The van der Waals surface area contributed by atoms with Crippen LogP contribution < -0.4 is 10.5 Å². The molecule has 0 aliphatic carbocycles. The molecule has 21 heavy (non-hydrogen) atoms. The lowest BCUT2D eigenvalue weighted by Crippen LogP contribution is -2.27. The molecule has 3 N–H and O–H groups in total. The first kappa shape index (κ1) is 16.1. The summed E-state index contributed by atoms with van der Waals surface area (Å²) in [6, 6.07) is 11.5. The number of nitrogen functional groups attached to an aromatic ring is 1. The fourth-order valence-corrected chi connectivity index (χ4v) is 4.18. The summed E-state index contributed by atoms with van der Waals surface area (Å²) in [6.07, 6.45) is 0. The minimum absolute atomic E-state index is 0.00670. The molecule has 7 heteroatoms. The summed E-state index contributed by atoms with van der Waals surface area (Å²) >= 11 is 11.8. The Morgan fingerprint density at radius 2 is 1.76 bits per heavy atom. The van der Waals surface area contributed by atoms with Crippen molar-refractivity contribution in [1.82, 2.24) is 4.72 Å². The average Bonchev–Trinajstić information content (AvgIpc) is 2.37. The van der Waals surface area contributed by atoms with Crippen molar-refractivity contribution in [2.75, 3.05) is 5.73 Å². The second-order valence-electron chi connectivity index (χ2n) is 4.56. The number of anilines is 1. The van der Waals surface area contributed by atoms with E-state index in [1.165, 1.54) is 12.1 Å². The lowest BCUT2D eigenvalue weighted by molar-refractivity contribution is 0.567. The van der Waals surface area contributed by atoms with Gasteiger partial charge in [0, 0.05) is 11.1 Å². The molecule has 0 bridgehead atoms. The molecule has 0 aromatic heterocycles. The minimum Gasteiger partial charge on any atom is -0.398 e. The number of sulfonamides is 1. The van der Waals surface area contributed by atoms with Crippen LogP contribution in [0.5, 0.6) is 0 Å². The summed E-state index contributed by atoms with van der Waals surface area (Å²) in [5, 5.41) is 0.278. The third-order valence-electron chi connectivity index (χ3n) is 2.94. The van der Waals surface area contributed by atoms with Crippen molar-refractivity contribution in [3.05, 3.63) is 58.1 Å². The molecule has 0 saturated heterocycles. The second-order valence-corrected chi connectivity index (χ2v) is 7.05. The van der Waals surface area contributed by atoms with Crippen molar-refractivity contribution < 1.29 is 8.42 Å². The Kier molecular flexibility index (Phi) is 4.78. The molecule has 112 valence electrons. The van der Waals surface area contributed by atoms with Gasteiger partial charge in [0.2, 0.25) is 10.0 Å². The molecule has 0 unspecified atom stereocenters. The van der Waals surface area contributed by atoms with Gasteiger partial charge in [0.15, 0.2) is 0 Å². The number of nitrogens with one attached hydrogen (secondary N) is 1. The molecule has 0 amide bonds. The molecule has 2 aromatic carbocycles. The largest absolute Gasteiger partial charge is 0.398 e. The van der Waals surface area contributed by atoms with E-state index in [0.717, 1.165) is 5.56 Å². The highest BCUT2D eigenvalue weighted by atomic mass is 35.5. The van der Waals surface area contributed by atoms with Gasteiger partial charge in [0.25, 0.3) is 0 Å². The van der Waals surface area contributed by atoms with Gasteiger partial charge in [-0.2, -0.15) is 0 Å². The van der Waals surface area contributed by atoms with E-state index in [1.807, 2.05) is 30.3 Å². The Morgan fingerprint density at radius 3 is 2.33 bits per heavy atom. The highest BCUT2D eigenvalue weighted by Crippen LogP contribution is 2.31. The Bertz CT molecular complexity index is 726. The molecule has 2 rings (SSSR count). The van der Waals surface area contributed by atoms with Crippen molar-refractivity contribution in [3.63, 3.8) is 0 Å². The number of halogens is 2. The molecule has 0 fully saturated rings. The molecule has 0 spiro atoms. The van der Waals surface area contributed by atoms with Crippen LogP contribution in [-0.4, -0.2) is 8.42 Å². The molecule has 0 saturated carbocycles. The predicted molar refractivity (Wildman–Crippen MR) is 86.1 cm³/mol. The van der Waals surface area contributed by atoms with E-state index in [9.17, 15) is 8.42 Å². The maximum absolute atomic E-state index is 12.5. The SMILES string of the molecule is C[C@H](NS(=O)(=O)c1c(N)cc(Cl)cc1Cl)c1ccccc1. The summed E-state index contributed by atoms with van der Waals surface area (Å²) in [4.78, 5) is -0.156. The standard InChI is InChI=1S/C14H14Cl2N2O2S/c1-9(10-5-3-2-4-6-10)18-21(19,20)14-12(16)7-11(15)8-13(14)17/h2-9,18H,17H2,1H3/t9-/m0/s1. The Hall–Kier alpha value is -1.27. The van der Waals surface area contributed by atoms with Crippen LogP contribution in [0.25, 0.3) is 0 Å². The van der Waals surface area contributed by atoms with Gasteiger partial charge in [-0.3, -0.25) is 0 Å². The second kappa shape index (κ2) is 6.23. The van der Waals surface area contributed by atoms with Gasteiger partial charge in [0.05, 0.1) is 10.7 Å². The molecular weight excluding hydrogens is 331 g/mol. The summed E-state index contributed by atoms with van der Waals surface area (Å²) in [6.45, 7) is 1.74. The van der Waals surface area contributed by atoms with Gasteiger partial charge in [0.1, 0.15) is 4.90 Å². The third kappa shape index (κ3) is 3.68. The van der Waals surface area contributed by atoms with Crippen LogP contribution in [0, 0.1) is 0 Å². The van der Waals surface area contributed by atoms with Gasteiger partial charge in [-0.25, -0.2) is 13.1 Å². The number of nitrogens with two attached hydrogens (primary N) is 1. The van der Waals surface area contributed by atoms with Crippen molar-refractivity contribution in [1.29, 1.82) is 0 Å². The first-order valence-corrected chi connectivity index (χ1v) is 8.37. The fraction of sp³-hybridized carbons (Fsp3) is 0.143. The van der Waals surface area contributed by atoms with Gasteiger partial charge >= 0.3 is 0 Å². The molecule has 4 nitrogen and oxygen atoms in total. The summed E-state index contributed by atoms with van der Waals surface area (Å²) in [5.41, 5.74) is 6.59. The Balaban J connectivity index is 2.36. The fourth-order valence-electron chi connectivity index (χ4n) is 1.97. The average molecular weight is 345 g/mol. The lowest BCUT2D eigenvalue weighted by atomic mass is 10.1. The van der Waals surface area contributed by atoms with Crippen LogP contribution in [0.15, 0.2) is 47.4 Å². The van der Waals surface area contributed by atoms with Crippen LogP contribution in [0.4, 0.5) is 5.69 Å². The monoisotopic (exact) mass is 344 g/mol. The minimum atomic E-state index is -3.85. The zero-order valence-electron chi connectivity index (χ0n) is 11.2. The van der Waals surface area contributed by atoms with E-state index in [-0.39, 0.29) is 20.6 Å². The zero-order chi connectivity index (χ0) is 15.6. The van der Waals surface area contributed by atoms with Crippen LogP contribution in [0.3, 0.4) is 0 Å². The van der Waals surface area contributed by atoms with Crippen LogP contribution >= 0.6 is 23.2 Å². The Labute approximate surface area is 133 Å². The van der Waals surface area contributed by atoms with Crippen molar-refractivity contribution in [2.24, 2.45) is 0 Å². The van der Waals surface area contributed by atoms with Gasteiger partial charge in [-0.15, -0.1) is 0 Å². The summed E-state index contributed by atoms with van der Waals surface area (Å²) in [5.74, 6) is 0. The zero-order valence-corrected chi connectivity index (χ0v) is 13.5. The predicted octanol–water partition coefficient (Wildman–Crippen LogP) is 3.62. The van der Waals surface area contributed by atoms with Crippen LogP contribution in [0.2, 0.25) is 10.0 Å². The molecule has 0 radical (unpaired) electrons. The topological polar surface area (TPSA) is 72.2 Å². The maximum atomic E-state index is 12.5. The van der Waals surface area contributed by atoms with Gasteiger partial charge < -0.3 is 5.73 Å². The van der Waals surface area contributed by atoms with E-state index in [4.69, 9.17) is 28.9 Å². The molecule has 0 aliphatic rings. The first-order chi connectivity index (χ1) is 9.81. The summed E-state index contributed by atoms with van der Waals surface area (Å²) in [7, 11) is -3.85. The number of hydrogen-bond donors (Lipinski definition) is 2. The number of rotatable bonds is 4. The van der Waals surface area contributed by atoms with Crippen LogP contribution in [-0.2, 0) is 10.0 Å². The highest BCUT2D eigenvalue weighted by molar-refractivity contribution is 7.89. The molecular formula is C14H14Cl2N2O2S. The van der Waals surface area contributed by atoms with E-state index in [0.29, 0.717) is 0 Å². The maximum Gasteiger partial charge on any atom is 0.244 e. The van der Waals surface area contributed by atoms with E-state index in [2.05, 4.69) is 4.72 Å². The summed E-state index contributed by atoms with van der Waals surface area (Å²) < 4.78 is 27.5. The first-order valence-electron chi connectivity index (χ1n) is 6.13. The van der Waals surface area contributed by atoms with Gasteiger partial charge in [-0.05, 0) is 24.6 Å². The Morgan fingerprint density at radius 1 is 1.14 bits per heavy atom. The number of hydrogen-bond acceptors (Lipinski definition) is 3. The van der Waals surface area contributed by atoms with Crippen molar-refractivity contribution in [3.8, 4) is 0 Å². The normalized spacial score (nSPS) is 13.1.